The number of methoxy groups -OCH3 is 2. The molecule has 0 fully saturated rings. The van der Waals surface area contributed by atoms with E-state index in [1.807, 2.05) is 0 Å². The van der Waals surface area contributed by atoms with E-state index >= 15 is 0 Å². The van der Waals surface area contributed by atoms with Crippen molar-refractivity contribution in [3.8, 4) is 11.5 Å². The van der Waals surface area contributed by atoms with Crippen LogP contribution in [0.3, 0.4) is 0 Å². The molecule has 10 heteroatoms. The Hall–Kier alpha value is -2.13. The number of hydrogen-bond donors (Lipinski definition) is 1. The number of amides is 1. The smallest absolute Gasteiger partial charge is 0.471 e. The minimum absolute atomic E-state index is 0.167. The number of hydrogen-bond acceptors (Lipinski definition) is 3. The summed E-state index contributed by atoms with van der Waals surface area (Å²) < 4.78 is 84.2. The number of ether oxygens (including phenoxy) is 2. The molecule has 0 unspecified atom stereocenters. The van der Waals surface area contributed by atoms with Crippen LogP contribution in [0, 0.1) is 0 Å². The Morgan fingerprint density at radius 2 is 1.61 bits per heavy atom. The lowest BCUT2D eigenvalue weighted by Gasteiger charge is -2.17. The van der Waals surface area contributed by atoms with Crippen LogP contribution in [0.2, 0.25) is 0 Å². The third kappa shape index (κ3) is 4.93. The molecule has 0 atom stereocenters. The molecule has 0 spiro atoms. The predicted molar refractivity (Wildman–Crippen MR) is 67.3 cm³/mol. The van der Waals surface area contributed by atoms with Gasteiger partial charge in [-0.1, -0.05) is 0 Å². The van der Waals surface area contributed by atoms with Crippen LogP contribution in [0.1, 0.15) is 11.1 Å². The molecule has 0 aliphatic carbocycles. The predicted octanol–water partition coefficient (Wildman–Crippen LogP) is 2.94. The van der Waals surface area contributed by atoms with Gasteiger partial charge in [0.25, 0.3) is 0 Å². The molecule has 0 aliphatic rings. The molecule has 4 nitrogen and oxygen atoms in total. The van der Waals surface area contributed by atoms with Gasteiger partial charge in [0.05, 0.1) is 14.2 Å². The Balaban J connectivity index is 2.97. The molecule has 0 heterocycles. The van der Waals surface area contributed by atoms with Crippen LogP contribution in [-0.4, -0.2) is 32.8 Å². The van der Waals surface area contributed by atoms with E-state index in [2.05, 4.69) is 4.74 Å². The van der Waals surface area contributed by atoms with E-state index in [1.54, 1.807) is 5.32 Å². The summed E-state index contributed by atoms with van der Waals surface area (Å²) >= 11 is 0. The number of halogens is 6. The Kier molecular flexibility index (Phi) is 5.73. The van der Waals surface area contributed by atoms with Crippen LogP contribution in [0.15, 0.2) is 12.1 Å². The summed E-state index contributed by atoms with van der Waals surface area (Å²) in [7, 11) is 2.16. The normalized spacial score (nSPS) is 12.0. The SMILES string of the molecule is COc1cc(C(F)(F)F)c(OC)cc1CCNC(=O)C(F)(F)F. The Morgan fingerprint density at radius 1 is 1.04 bits per heavy atom. The van der Waals surface area contributed by atoms with E-state index in [-0.39, 0.29) is 17.7 Å². The van der Waals surface area contributed by atoms with Gasteiger partial charge in [-0.15, -0.1) is 0 Å². The van der Waals surface area contributed by atoms with Crippen molar-refractivity contribution < 1.29 is 40.6 Å². The second-order valence-corrected chi connectivity index (χ2v) is 4.37. The number of rotatable bonds is 5. The van der Waals surface area contributed by atoms with Crippen LogP contribution in [0.5, 0.6) is 11.5 Å². The van der Waals surface area contributed by atoms with Gasteiger partial charge in [-0.25, -0.2) is 0 Å². The molecule has 1 amide bonds. The van der Waals surface area contributed by atoms with Crippen molar-refractivity contribution in [3.63, 3.8) is 0 Å². The number of benzene rings is 1. The zero-order chi connectivity index (χ0) is 17.8. The highest BCUT2D eigenvalue weighted by molar-refractivity contribution is 5.81. The molecule has 1 aromatic rings. The van der Waals surface area contributed by atoms with Crippen LogP contribution in [0.4, 0.5) is 26.3 Å². The first-order chi connectivity index (χ1) is 10.5. The third-order valence-electron chi connectivity index (χ3n) is 2.85. The molecule has 1 N–H and O–H groups in total. The van der Waals surface area contributed by atoms with Crippen molar-refractivity contribution in [2.24, 2.45) is 0 Å². The molecule has 23 heavy (non-hydrogen) atoms. The monoisotopic (exact) mass is 345 g/mol. The lowest BCUT2D eigenvalue weighted by molar-refractivity contribution is -0.173. The molecular weight excluding hydrogens is 332 g/mol. The summed E-state index contributed by atoms with van der Waals surface area (Å²) in [4.78, 5) is 10.7. The van der Waals surface area contributed by atoms with E-state index in [9.17, 15) is 31.1 Å². The Labute approximate surface area is 127 Å². The Bertz CT molecular complexity index is 568. The first-order valence-corrected chi connectivity index (χ1v) is 6.17. The Morgan fingerprint density at radius 3 is 2.04 bits per heavy atom. The van der Waals surface area contributed by atoms with Crippen LogP contribution in [-0.2, 0) is 17.4 Å². The first-order valence-electron chi connectivity index (χ1n) is 6.17. The van der Waals surface area contributed by atoms with Gasteiger partial charge in [-0.05, 0) is 24.1 Å². The van der Waals surface area contributed by atoms with Crippen LogP contribution >= 0.6 is 0 Å². The fourth-order valence-corrected chi connectivity index (χ4v) is 1.79. The van der Waals surface area contributed by atoms with Gasteiger partial charge in [-0.3, -0.25) is 4.79 Å². The van der Waals surface area contributed by atoms with Crippen LogP contribution in [0.25, 0.3) is 0 Å². The summed E-state index contributed by atoms with van der Waals surface area (Å²) in [5.74, 6) is -2.79. The van der Waals surface area contributed by atoms with E-state index in [1.165, 1.54) is 0 Å². The molecular formula is C13H13F6NO3. The quantitative estimate of drug-likeness (QED) is 0.835. The molecule has 0 bridgehead atoms. The molecule has 0 aromatic heterocycles. The zero-order valence-corrected chi connectivity index (χ0v) is 12.1. The fraction of sp³-hybridized carbons (Fsp3) is 0.462. The second-order valence-electron chi connectivity index (χ2n) is 4.37. The van der Waals surface area contributed by atoms with Gasteiger partial charge in [-0.2, -0.15) is 26.3 Å². The maximum absolute atomic E-state index is 12.9. The minimum Gasteiger partial charge on any atom is -0.496 e. The third-order valence-corrected chi connectivity index (χ3v) is 2.85. The summed E-state index contributed by atoms with van der Waals surface area (Å²) in [5, 5.41) is 1.62. The summed E-state index contributed by atoms with van der Waals surface area (Å²) in [6.07, 6.45) is -9.87. The summed E-state index contributed by atoms with van der Waals surface area (Å²) in [6.45, 7) is -0.427. The average molecular weight is 345 g/mol. The lowest BCUT2D eigenvalue weighted by Crippen LogP contribution is -2.37. The summed E-state index contributed by atoms with van der Waals surface area (Å²) in [6, 6.07) is 1.71. The van der Waals surface area contributed by atoms with Crippen molar-refractivity contribution in [3.05, 3.63) is 23.3 Å². The highest BCUT2D eigenvalue weighted by Gasteiger charge is 2.38. The van der Waals surface area contributed by atoms with E-state index in [0.29, 0.717) is 6.07 Å². The van der Waals surface area contributed by atoms with E-state index in [4.69, 9.17) is 4.74 Å². The summed E-state index contributed by atoms with van der Waals surface area (Å²) in [5.41, 5.74) is -0.903. The zero-order valence-electron chi connectivity index (χ0n) is 12.1. The number of carbonyl (C=O) groups is 1. The minimum atomic E-state index is -5.03. The van der Waals surface area contributed by atoms with Gasteiger partial charge in [0.2, 0.25) is 0 Å². The molecule has 0 aliphatic heterocycles. The van der Waals surface area contributed by atoms with Gasteiger partial charge < -0.3 is 14.8 Å². The number of nitrogens with one attached hydrogen (secondary N) is 1. The first kappa shape index (κ1) is 18.9. The molecule has 1 aromatic carbocycles. The fourth-order valence-electron chi connectivity index (χ4n) is 1.79. The molecule has 0 saturated heterocycles. The van der Waals surface area contributed by atoms with Crippen LogP contribution < -0.4 is 14.8 Å². The highest BCUT2D eigenvalue weighted by atomic mass is 19.4. The van der Waals surface area contributed by atoms with Gasteiger partial charge in [0.15, 0.2) is 0 Å². The number of carbonyl (C=O) groups excluding carboxylic acids is 1. The van der Waals surface area contributed by atoms with E-state index in [0.717, 1.165) is 20.3 Å². The molecule has 130 valence electrons. The van der Waals surface area contributed by atoms with Gasteiger partial charge >= 0.3 is 18.3 Å². The molecule has 0 radical (unpaired) electrons. The van der Waals surface area contributed by atoms with Crippen molar-refractivity contribution in [1.29, 1.82) is 0 Å². The van der Waals surface area contributed by atoms with Crippen molar-refractivity contribution in [2.45, 2.75) is 18.8 Å². The van der Waals surface area contributed by atoms with Crippen molar-refractivity contribution in [1.82, 2.24) is 5.32 Å². The van der Waals surface area contributed by atoms with Gasteiger partial charge in [0.1, 0.15) is 17.1 Å². The standard InChI is InChI=1S/C13H13F6NO3/c1-22-9-6-8(12(14,15)16)10(23-2)5-7(9)3-4-20-11(21)13(17,18)19/h5-6H,3-4H2,1-2H3,(H,20,21). The lowest BCUT2D eigenvalue weighted by atomic mass is 10.1. The topological polar surface area (TPSA) is 47.6 Å². The van der Waals surface area contributed by atoms with Gasteiger partial charge in [0, 0.05) is 6.54 Å². The molecule has 0 saturated carbocycles. The molecule has 1 rings (SSSR count). The van der Waals surface area contributed by atoms with E-state index < -0.39 is 36.1 Å². The largest absolute Gasteiger partial charge is 0.496 e. The second kappa shape index (κ2) is 6.97. The maximum atomic E-state index is 12.9. The number of alkyl halides is 6. The van der Waals surface area contributed by atoms with Crippen molar-refractivity contribution in [2.75, 3.05) is 20.8 Å². The average Bonchev–Trinajstić information content (AvgIpc) is 2.44. The highest BCUT2D eigenvalue weighted by Crippen LogP contribution is 2.40. The maximum Gasteiger partial charge on any atom is 0.471 e. The van der Waals surface area contributed by atoms with Crippen molar-refractivity contribution >= 4 is 5.91 Å².